The minimum absolute atomic E-state index is 0.225. The van der Waals surface area contributed by atoms with Gasteiger partial charge >= 0.3 is 0 Å². The molecule has 0 radical (unpaired) electrons. The molecule has 0 aromatic carbocycles. The molecule has 1 aromatic heterocycles. The topological polar surface area (TPSA) is 85.2 Å². The summed E-state index contributed by atoms with van der Waals surface area (Å²) >= 11 is 0. The fourth-order valence-electron chi connectivity index (χ4n) is 2.44. The van der Waals surface area contributed by atoms with Gasteiger partial charge in [0.15, 0.2) is 0 Å². The molecular formula is C13H20N4O. The number of hydrogen-bond donors (Lipinski definition) is 2. The van der Waals surface area contributed by atoms with Gasteiger partial charge in [-0.2, -0.15) is 0 Å². The Morgan fingerprint density at radius 2 is 2.28 bits per heavy atom. The van der Waals surface area contributed by atoms with E-state index >= 15 is 0 Å². The lowest BCUT2D eigenvalue weighted by Crippen LogP contribution is -2.46. The lowest BCUT2D eigenvalue weighted by molar-refractivity contribution is 0.0999. The van der Waals surface area contributed by atoms with Crippen molar-refractivity contribution < 1.29 is 4.79 Å². The standard InChI is InChI=1S/C13H20N4O/c1-8-3-5-16-13(11(8)12(15)18)17-6-4-10(14)9(2)7-17/h3,5,9-10H,4,6-7,14H2,1-2H3,(H2,15,18). The van der Waals surface area contributed by atoms with Crippen molar-refractivity contribution in [2.24, 2.45) is 17.4 Å². The number of rotatable bonds is 2. The van der Waals surface area contributed by atoms with Gasteiger partial charge in [0, 0.05) is 25.3 Å². The number of pyridine rings is 1. The zero-order chi connectivity index (χ0) is 13.3. The first-order valence-corrected chi connectivity index (χ1v) is 6.26. The van der Waals surface area contributed by atoms with E-state index < -0.39 is 5.91 Å². The normalized spacial score (nSPS) is 24.1. The van der Waals surface area contributed by atoms with Gasteiger partial charge in [0.2, 0.25) is 0 Å². The van der Waals surface area contributed by atoms with E-state index in [0.717, 1.165) is 25.1 Å². The van der Waals surface area contributed by atoms with Crippen molar-refractivity contribution in [2.75, 3.05) is 18.0 Å². The highest BCUT2D eigenvalue weighted by atomic mass is 16.1. The monoisotopic (exact) mass is 248 g/mol. The van der Waals surface area contributed by atoms with Crippen LogP contribution in [0.3, 0.4) is 0 Å². The third-order valence-corrected chi connectivity index (χ3v) is 3.66. The molecule has 0 aliphatic carbocycles. The largest absolute Gasteiger partial charge is 0.365 e. The lowest BCUT2D eigenvalue weighted by Gasteiger charge is -2.36. The van der Waals surface area contributed by atoms with Crippen LogP contribution in [0.4, 0.5) is 5.82 Å². The molecule has 0 bridgehead atoms. The molecule has 2 heterocycles. The average molecular weight is 248 g/mol. The minimum Gasteiger partial charge on any atom is -0.365 e. The summed E-state index contributed by atoms with van der Waals surface area (Å²) in [4.78, 5) is 18.0. The van der Waals surface area contributed by atoms with Crippen LogP contribution in [0.25, 0.3) is 0 Å². The maximum atomic E-state index is 11.6. The number of aryl methyl sites for hydroxylation is 1. The predicted molar refractivity (Wildman–Crippen MR) is 71.5 cm³/mol. The first kappa shape index (κ1) is 12.8. The summed E-state index contributed by atoms with van der Waals surface area (Å²) in [7, 11) is 0. The SMILES string of the molecule is Cc1ccnc(N2CCC(N)C(C)C2)c1C(N)=O. The Balaban J connectivity index is 2.34. The molecule has 1 aliphatic rings. The summed E-state index contributed by atoms with van der Waals surface area (Å²) in [5, 5.41) is 0. The van der Waals surface area contributed by atoms with Gasteiger partial charge in [-0.05, 0) is 30.9 Å². The van der Waals surface area contributed by atoms with Gasteiger partial charge in [0.1, 0.15) is 5.82 Å². The van der Waals surface area contributed by atoms with Crippen molar-refractivity contribution >= 4 is 11.7 Å². The summed E-state index contributed by atoms with van der Waals surface area (Å²) in [6, 6.07) is 2.03. The van der Waals surface area contributed by atoms with Gasteiger partial charge in [-0.3, -0.25) is 4.79 Å². The molecule has 98 valence electrons. The number of piperidine rings is 1. The van der Waals surface area contributed by atoms with Crippen molar-refractivity contribution in [2.45, 2.75) is 26.3 Å². The maximum Gasteiger partial charge on any atom is 0.252 e. The van der Waals surface area contributed by atoms with Crippen LogP contribution >= 0.6 is 0 Å². The van der Waals surface area contributed by atoms with Crippen LogP contribution in [-0.2, 0) is 0 Å². The smallest absolute Gasteiger partial charge is 0.252 e. The Kier molecular flexibility index (Phi) is 3.52. The van der Waals surface area contributed by atoms with Crippen molar-refractivity contribution in [1.29, 1.82) is 0 Å². The highest BCUT2D eigenvalue weighted by Gasteiger charge is 2.26. The molecule has 2 atom stereocenters. The molecule has 1 aliphatic heterocycles. The summed E-state index contributed by atoms with van der Waals surface area (Å²) in [6.07, 6.45) is 2.63. The van der Waals surface area contributed by atoms with Gasteiger partial charge in [-0.1, -0.05) is 6.92 Å². The summed E-state index contributed by atoms with van der Waals surface area (Å²) in [5.41, 5.74) is 12.9. The number of hydrogen-bond acceptors (Lipinski definition) is 4. The molecule has 5 heteroatoms. The number of nitrogens with zero attached hydrogens (tertiary/aromatic N) is 2. The Morgan fingerprint density at radius 1 is 1.56 bits per heavy atom. The highest BCUT2D eigenvalue weighted by Crippen LogP contribution is 2.25. The maximum absolute atomic E-state index is 11.6. The quantitative estimate of drug-likeness (QED) is 0.805. The van der Waals surface area contributed by atoms with Crippen molar-refractivity contribution in [3.63, 3.8) is 0 Å². The first-order valence-electron chi connectivity index (χ1n) is 6.26. The molecule has 0 saturated carbocycles. The number of anilines is 1. The van der Waals surface area contributed by atoms with Crippen LogP contribution in [0, 0.1) is 12.8 Å². The van der Waals surface area contributed by atoms with Gasteiger partial charge in [0.05, 0.1) is 5.56 Å². The Bertz CT molecular complexity index is 460. The summed E-state index contributed by atoms with van der Waals surface area (Å²) < 4.78 is 0. The van der Waals surface area contributed by atoms with Crippen LogP contribution < -0.4 is 16.4 Å². The second kappa shape index (κ2) is 4.94. The molecule has 1 saturated heterocycles. The third-order valence-electron chi connectivity index (χ3n) is 3.66. The van der Waals surface area contributed by atoms with Crippen LogP contribution in [0.15, 0.2) is 12.3 Å². The predicted octanol–water partition coefficient (Wildman–Crippen LogP) is 0.662. The van der Waals surface area contributed by atoms with E-state index in [1.807, 2.05) is 13.0 Å². The molecule has 4 N–H and O–H groups in total. The van der Waals surface area contributed by atoms with E-state index in [4.69, 9.17) is 11.5 Å². The van der Waals surface area contributed by atoms with E-state index in [1.54, 1.807) is 6.20 Å². The van der Waals surface area contributed by atoms with Gasteiger partial charge in [0.25, 0.3) is 5.91 Å². The number of aromatic nitrogens is 1. The van der Waals surface area contributed by atoms with Crippen LogP contribution in [0.5, 0.6) is 0 Å². The van der Waals surface area contributed by atoms with Crippen LogP contribution in [0.2, 0.25) is 0 Å². The van der Waals surface area contributed by atoms with Gasteiger partial charge in [-0.15, -0.1) is 0 Å². The zero-order valence-corrected chi connectivity index (χ0v) is 10.9. The second-order valence-corrected chi connectivity index (χ2v) is 5.07. The van der Waals surface area contributed by atoms with Gasteiger partial charge < -0.3 is 16.4 Å². The molecule has 1 fully saturated rings. The first-order chi connectivity index (χ1) is 8.50. The zero-order valence-electron chi connectivity index (χ0n) is 10.9. The van der Waals surface area contributed by atoms with E-state index in [1.165, 1.54) is 0 Å². The third kappa shape index (κ3) is 2.31. The Morgan fingerprint density at radius 3 is 2.89 bits per heavy atom. The van der Waals surface area contributed by atoms with Crippen molar-refractivity contribution in [3.05, 3.63) is 23.4 Å². The van der Waals surface area contributed by atoms with Crippen molar-refractivity contribution in [3.8, 4) is 0 Å². The number of nitrogens with two attached hydrogens (primary N) is 2. The Hall–Kier alpha value is -1.62. The second-order valence-electron chi connectivity index (χ2n) is 5.07. The highest BCUT2D eigenvalue weighted by molar-refractivity contribution is 5.99. The van der Waals surface area contributed by atoms with E-state index in [2.05, 4.69) is 16.8 Å². The van der Waals surface area contributed by atoms with Crippen LogP contribution in [0.1, 0.15) is 29.3 Å². The van der Waals surface area contributed by atoms with E-state index in [-0.39, 0.29) is 6.04 Å². The van der Waals surface area contributed by atoms with Gasteiger partial charge in [-0.25, -0.2) is 4.98 Å². The molecule has 1 amide bonds. The molecule has 1 aromatic rings. The molecule has 0 spiro atoms. The minimum atomic E-state index is -0.418. The molecular weight excluding hydrogens is 228 g/mol. The molecule has 18 heavy (non-hydrogen) atoms. The molecule has 2 unspecified atom stereocenters. The molecule has 5 nitrogen and oxygen atoms in total. The fourth-order valence-corrected chi connectivity index (χ4v) is 2.44. The van der Waals surface area contributed by atoms with E-state index in [0.29, 0.717) is 17.3 Å². The fraction of sp³-hybridized carbons (Fsp3) is 0.538. The summed E-state index contributed by atoms with van der Waals surface area (Å²) in [6.45, 7) is 5.64. The molecule has 2 rings (SSSR count). The summed E-state index contributed by atoms with van der Waals surface area (Å²) in [5.74, 6) is 0.668. The van der Waals surface area contributed by atoms with E-state index in [9.17, 15) is 4.79 Å². The number of carbonyl (C=O) groups excluding carboxylic acids is 1. The van der Waals surface area contributed by atoms with Crippen LogP contribution in [-0.4, -0.2) is 30.0 Å². The lowest BCUT2D eigenvalue weighted by atomic mass is 9.94. The number of primary amides is 1. The Labute approximate surface area is 107 Å². The van der Waals surface area contributed by atoms with Crippen molar-refractivity contribution in [1.82, 2.24) is 4.98 Å². The number of carbonyl (C=O) groups is 1. The average Bonchev–Trinajstić information content (AvgIpc) is 2.32. The number of amides is 1.